The number of nitrogens with two attached hydrogens (primary N) is 1. The van der Waals surface area contributed by atoms with Gasteiger partial charge in [0.15, 0.2) is 0 Å². The molecule has 2 amide bonds. The van der Waals surface area contributed by atoms with Gasteiger partial charge in [0.2, 0.25) is 15.9 Å². The number of benzene rings is 2. The summed E-state index contributed by atoms with van der Waals surface area (Å²) in [5.41, 5.74) is 8.51. The summed E-state index contributed by atoms with van der Waals surface area (Å²) in [6.07, 6.45) is 0.321. The monoisotopic (exact) mass is 469 g/mol. The summed E-state index contributed by atoms with van der Waals surface area (Å²) >= 11 is 0. The first-order valence-electron chi connectivity index (χ1n) is 10.4. The van der Waals surface area contributed by atoms with Gasteiger partial charge in [-0.05, 0) is 24.5 Å². The van der Waals surface area contributed by atoms with Gasteiger partial charge in [0, 0.05) is 24.2 Å². The average Bonchev–Trinajstić information content (AvgIpc) is 2.78. The van der Waals surface area contributed by atoms with Crippen LogP contribution in [0.4, 0.5) is 0 Å². The van der Waals surface area contributed by atoms with E-state index < -0.39 is 15.9 Å². The minimum Gasteiger partial charge on any atom is -0.384 e. The normalized spacial score (nSPS) is 14.3. The number of hydrogen-bond acceptors (Lipinski definition) is 5. The van der Waals surface area contributed by atoms with Crippen LogP contribution in [-0.4, -0.2) is 37.6 Å². The largest absolute Gasteiger partial charge is 0.384 e. The van der Waals surface area contributed by atoms with Crippen molar-refractivity contribution in [2.45, 2.75) is 32.1 Å². The Morgan fingerprint density at radius 2 is 1.76 bits per heavy atom. The lowest BCUT2D eigenvalue weighted by molar-refractivity contribution is -0.131. The van der Waals surface area contributed by atoms with Crippen LogP contribution in [0.5, 0.6) is 0 Å². The van der Waals surface area contributed by atoms with E-state index in [1.54, 1.807) is 61.5 Å². The molecule has 2 aromatic rings. The summed E-state index contributed by atoms with van der Waals surface area (Å²) in [5, 5.41) is 11.2. The number of amidine groups is 1. The second-order valence-corrected chi connectivity index (χ2v) is 9.57. The van der Waals surface area contributed by atoms with Crippen LogP contribution in [0, 0.1) is 5.41 Å². The Morgan fingerprint density at radius 3 is 2.39 bits per heavy atom. The fraction of sp³-hybridized carbons (Fsp3) is 0.261. The molecule has 2 aromatic carbocycles. The number of amides is 2. The fourth-order valence-corrected chi connectivity index (χ4v) is 4.62. The van der Waals surface area contributed by atoms with E-state index in [9.17, 15) is 18.0 Å². The van der Waals surface area contributed by atoms with Gasteiger partial charge in [-0.25, -0.2) is 8.42 Å². The van der Waals surface area contributed by atoms with Crippen LogP contribution in [0.15, 0.2) is 65.7 Å². The molecule has 0 saturated carbocycles. The molecule has 1 aliphatic heterocycles. The molecule has 0 spiro atoms. The van der Waals surface area contributed by atoms with Crippen molar-refractivity contribution < 1.29 is 18.0 Å². The number of nitrogens with one attached hydrogen (secondary N) is 3. The molecule has 0 fully saturated rings. The van der Waals surface area contributed by atoms with Crippen molar-refractivity contribution in [3.05, 3.63) is 82.4 Å². The van der Waals surface area contributed by atoms with Crippen LogP contribution in [0.3, 0.4) is 0 Å². The summed E-state index contributed by atoms with van der Waals surface area (Å²) in [6.45, 7) is 2.23. The maximum atomic E-state index is 12.9. The lowest BCUT2D eigenvalue weighted by Crippen LogP contribution is -2.49. The Kier molecular flexibility index (Phi) is 7.62. The van der Waals surface area contributed by atoms with Crippen molar-refractivity contribution in [2.24, 2.45) is 5.73 Å². The molecule has 0 radical (unpaired) electrons. The summed E-state index contributed by atoms with van der Waals surface area (Å²) in [6, 6.07) is 15.6. The molecule has 0 saturated heterocycles. The van der Waals surface area contributed by atoms with E-state index in [2.05, 4.69) is 10.1 Å². The van der Waals surface area contributed by atoms with Gasteiger partial charge in [-0.3, -0.25) is 20.0 Å². The zero-order valence-corrected chi connectivity index (χ0v) is 19.1. The van der Waals surface area contributed by atoms with Crippen molar-refractivity contribution in [1.82, 2.24) is 15.2 Å². The minimum atomic E-state index is -3.78. The first-order valence-corrected chi connectivity index (χ1v) is 12.0. The van der Waals surface area contributed by atoms with Crippen LogP contribution in [0.1, 0.15) is 36.5 Å². The number of hydrogen-bond donors (Lipinski definition) is 4. The van der Waals surface area contributed by atoms with E-state index >= 15 is 0 Å². The summed E-state index contributed by atoms with van der Waals surface area (Å²) in [7, 11) is -3.78. The maximum Gasteiger partial charge on any atom is 0.265 e. The fourth-order valence-electron chi connectivity index (χ4n) is 3.41. The molecule has 0 unspecified atom stereocenters. The summed E-state index contributed by atoms with van der Waals surface area (Å²) < 4.78 is 25.1. The molecule has 10 heteroatoms. The first-order chi connectivity index (χ1) is 15.6. The number of hydrazine groups is 1. The second-order valence-electron chi connectivity index (χ2n) is 7.87. The van der Waals surface area contributed by atoms with Gasteiger partial charge in [0.1, 0.15) is 5.84 Å². The topological polar surface area (TPSA) is 145 Å². The molecule has 33 heavy (non-hydrogen) atoms. The van der Waals surface area contributed by atoms with Crippen molar-refractivity contribution in [2.75, 3.05) is 6.54 Å². The van der Waals surface area contributed by atoms with E-state index in [1.165, 1.54) is 0 Å². The van der Waals surface area contributed by atoms with Gasteiger partial charge in [0.05, 0.1) is 12.2 Å². The van der Waals surface area contributed by atoms with E-state index in [0.29, 0.717) is 17.5 Å². The first kappa shape index (κ1) is 24.1. The highest BCUT2D eigenvalue weighted by Gasteiger charge is 2.29. The Hall–Kier alpha value is -3.50. The maximum absolute atomic E-state index is 12.9. The van der Waals surface area contributed by atoms with E-state index in [-0.39, 0.29) is 42.6 Å². The van der Waals surface area contributed by atoms with Crippen molar-refractivity contribution in [1.29, 1.82) is 5.41 Å². The predicted octanol–water partition coefficient (Wildman–Crippen LogP) is 1.56. The van der Waals surface area contributed by atoms with Crippen molar-refractivity contribution in [3.8, 4) is 0 Å². The smallest absolute Gasteiger partial charge is 0.265 e. The van der Waals surface area contributed by atoms with Gasteiger partial charge in [-0.15, -0.1) is 4.83 Å². The zero-order chi connectivity index (χ0) is 24.0. The van der Waals surface area contributed by atoms with E-state index in [1.807, 2.05) is 0 Å². The molecule has 1 heterocycles. The number of nitrogens with zero attached hydrogens (tertiary/aromatic N) is 1. The zero-order valence-electron chi connectivity index (χ0n) is 18.3. The standard InChI is InChI=1S/C23H27N5O4S/c1-16-11-12-28(27-33(31,32)15-18-5-3-2-4-6-18)23(30)20(16)13-21(29)26-14-17-7-9-19(10-8-17)22(24)25/h2-10,27H,11-15H2,1H3,(H3,24,25)(H,26,29). The van der Waals surface area contributed by atoms with Crippen LogP contribution in [0.2, 0.25) is 0 Å². The van der Waals surface area contributed by atoms with Crippen LogP contribution in [0.25, 0.3) is 0 Å². The molecule has 0 aromatic heterocycles. The third-order valence-electron chi connectivity index (χ3n) is 5.27. The summed E-state index contributed by atoms with van der Waals surface area (Å²) in [4.78, 5) is 27.7. The molecular weight excluding hydrogens is 442 g/mol. The second kappa shape index (κ2) is 10.4. The van der Waals surface area contributed by atoms with Gasteiger partial charge in [-0.2, -0.15) is 0 Å². The molecule has 0 bridgehead atoms. The predicted molar refractivity (Wildman–Crippen MR) is 125 cm³/mol. The number of carbonyl (C=O) groups is 2. The van der Waals surface area contributed by atoms with E-state index in [0.717, 1.165) is 16.1 Å². The Morgan fingerprint density at radius 1 is 1.09 bits per heavy atom. The molecule has 0 atom stereocenters. The van der Waals surface area contributed by atoms with Crippen molar-refractivity contribution >= 4 is 27.7 Å². The number of carbonyl (C=O) groups excluding carboxylic acids is 2. The highest BCUT2D eigenvalue weighted by molar-refractivity contribution is 7.88. The highest BCUT2D eigenvalue weighted by atomic mass is 32.2. The molecule has 174 valence electrons. The van der Waals surface area contributed by atoms with Crippen molar-refractivity contribution in [3.63, 3.8) is 0 Å². The number of sulfonamides is 1. The SMILES string of the molecule is CC1=C(CC(=O)NCc2ccc(C(=N)N)cc2)C(=O)N(NS(=O)(=O)Cc2ccccc2)CC1. The molecular formula is C23H27N5O4S. The summed E-state index contributed by atoms with van der Waals surface area (Å²) in [5.74, 6) is -1.15. The third-order valence-corrected chi connectivity index (χ3v) is 6.48. The van der Waals surface area contributed by atoms with Crippen LogP contribution >= 0.6 is 0 Å². The Bertz CT molecular complexity index is 1180. The highest BCUT2D eigenvalue weighted by Crippen LogP contribution is 2.21. The molecule has 9 nitrogen and oxygen atoms in total. The van der Waals surface area contributed by atoms with Gasteiger partial charge in [-0.1, -0.05) is 60.2 Å². The Labute approximate surface area is 193 Å². The molecule has 0 aliphatic carbocycles. The third kappa shape index (κ3) is 6.74. The minimum absolute atomic E-state index is 0.0345. The van der Waals surface area contributed by atoms with Crippen LogP contribution in [-0.2, 0) is 31.9 Å². The quantitative estimate of drug-likeness (QED) is 0.325. The number of rotatable bonds is 9. The van der Waals surface area contributed by atoms with Crippen LogP contribution < -0.4 is 15.9 Å². The molecule has 1 aliphatic rings. The average molecular weight is 470 g/mol. The lowest BCUT2D eigenvalue weighted by Gasteiger charge is -2.29. The molecule has 3 rings (SSSR count). The lowest BCUT2D eigenvalue weighted by atomic mass is 9.98. The van der Waals surface area contributed by atoms with Gasteiger partial charge < -0.3 is 11.1 Å². The van der Waals surface area contributed by atoms with E-state index in [4.69, 9.17) is 11.1 Å². The number of nitrogen functional groups attached to an aromatic ring is 1. The Balaban J connectivity index is 1.58. The van der Waals surface area contributed by atoms with Gasteiger partial charge in [0.25, 0.3) is 5.91 Å². The molecule has 5 N–H and O–H groups in total. The van der Waals surface area contributed by atoms with Gasteiger partial charge >= 0.3 is 0 Å².